The Kier molecular flexibility index (Phi) is 6.05. The lowest BCUT2D eigenvalue weighted by Gasteiger charge is -2.08. The first-order chi connectivity index (χ1) is 11.2. The average molecular weight is 318 g/mol. The van der Waals surface area contributed by atoms with Crippen LogP contribution in [0.15, 0.2) is 47.1 Å². The number of furan rings is 1. The Labute approximate surface area is 133 Å². The molecule has 122 valence electrons. The molecule has 0 saturated heterocycles. The van der Waals surface area contributed by atoms with Crippen molar-refractivity contribution in [3.63, 3.8) is 0 Å². The van der Waals surface area contributed by atoms with Gasteiger partial charge in [-0.2, -0.15) is 0 Å². The quantitative estimate of drug-likeness (QED) is 0.714. The molecule has 0 atom stereocenters. The summed E-state index contributed by atoms with van der Waals surface area (Å²) in [4.78, 5) is 23.2. The maximum atomic E-state index is 11.6. The number of methoxy groups -OCH3 is 1. The number of nitrogens with one attached hydrogen (secondary N) is 2. The Morgan fingerprint density at radius 2 is 1.74 bits per heavy atom. The summed E-state index contributed by atoms with van der Waals surface area (Å²) in [5, 5.41) is 5.27. The van der Waals surface area contributed by atoms with Gasteiger partial charge in [-0.1, -0.05) is 0 Å². The van der Waals surface area contributed by atoms with Crippen molar-refractivity contribution in [2.75, 3.05) is 26.8 Å². The van der Waals surface area contributed by atoms with Crippen molar-refractivity contribution in [3.8, 4) is 11.5 Å². The van der Waals surface area contributed by atoms with Gasteiger partial charge in [0.15, 0.2) is 12.4 Å². The number of carbonyl (C=O) groups is 2. The van der Waals surface area contributed by atoms with E-state index in [0.717, 1.165) is 0 Å². The van der Waals surface area contributed by atoms with Crippen molar-refractivity contribution in [2.24, 2.45) is 0 Å². The van der Waals surface area contributed by atoms with E-state index in [0.29, 0.717) is 24.6 Å². The third-order valence-corrected chi connectivity index (χ3v) is 2.91. The van der Waals surface area contributed by atoms with E-state index in [2.05, 4.69) is 10.6 Å². The second kappa shape index (κ2) is 8.47. The van der Waals surface area contributed by atoms with Gasteiger partial charge in [0.1, 0.15) is 11.5 Å². The predicted octanol–water partition coefficient (Wildman–Crippen LogP) is 1.21. The molecule has 0 aliphatic rings. The van der Waals surface area contributed by atoms with Crippen LogP contribution in [-0.2, 0) is 4.79 Å². The summed E-state index contributed by atoms with van der Waals surface area (Å²) >= 11 is 0. The Balaban J connectivity index is 1.60. The number of benzene rings is 1. The lowest BCUT2D eigenvalue weighted by molar-refractivity contribution is -0.123. The molecule has 0 aliphatic carbocycles. The highest BCUT2D eigenvalue weighted by atomic mass is 16.5. The third kappa shape index (κ3) is 5.39. The molecule has 23 heavy (non-hydrogen) atoms. The van der Waals surface area contributed by atoms with Crippen molar-refractivity contribution < 1.29 is 23.5 Å². The highest BCUT2D eigenvalue weighted by Crippen LogP contribution is 2.16. The van der Waals surface area contributed by atoms with Gasteiger partial charge in [0, 0.05) is 13.1 Å². The second-order valence-corrected chi connectivity index (χ2v) is 4.55. The normalized spacial score (nSPS) is 9.96. The number of rotatable bonds is 8. The highest BCUT2D eigenvalue weighted by molar-refractivity contribution is 5.91. The van der Waals surface area contributed by atoms with Crippen LogP contribution >= 0.6 is 0 Å². The van der Waals surface area contributed by atoms with Crippen molar-refractivity contribution in [1.29, 1.82) is 0 Å². The SMILES string of the molecule is COc1ccc(OCC(=O)NCCNC(=O)c2ccco2)cc1. The van der Waals surface area contributed by atoms with E-state index in [1.54, 1.807) is 43.5 Å². The van der Waals surface area contributed by atoms with Crippen LogP contribution in [0, 0.1) is 0 Å². The summed E-state index contributed by atoms with van der Waals surface area (Å²) in [7, 11) is 1.58. The van der Waals surface area contributed by atoms with E-state index >= 15 is 0 Å². The first kappa shape index (κ1) is 16.4. The molecule has 7 heteroatoms. The molecule has 1 aromatic heterocycles. The fourth-order valence-corrected chi connectivity index (χ4v) is 1.74. The largest absolute Gasteiger partial charge is 0.497 e. The smallest absolute Gasteiger partial charge is 0.287 e. The molecule has 7 nitrogen and oxygen atoms in total. The molecule has 0 spiro atoms. The Hall–Kier alpha value is -2.96. The van der Waals surface area contributed by atoms with E-state index in [1.165, 1.54) is 6.26 Å². The van der Waals surface area contributed by atoms with Crippen LogP contribution in [0.1, 0.15) is 10.6 Å². The fourth-order valence-electron chi connectivity index (χ4n) is 1.74. The molecule has 1 heterocycles. The minimum Gasteiger partial charge on any atom is -0.497 e. The summed E-state index contributed by atoms with van der Waals surface area (Å²) < 4.78 is 15.3. The van der Waals surface area contributed by atoms with Crippen molar-refractivity contribution in [3.05, 3.63) is 48.4 Å². The second-order valence-electron chi connectivity index (χ2n) is 4.55. The lowest BCUT2D eigenvalue weighted by Crippen LogP contribution is -2.36. The molecule has 0 radical (unpaired) electrons. The maximum Gasteiger partial charge on any atom is 0.287 e. The van der Waals surface area contributed by atoms with Gasteiger partial charge in [-0.25, -0.2) is 0 Å². The average Bonchev–Trinajstić information content (AvgIpc) is 3.12. The molecule has 2 amide bonds. The lowest BCUT2D eigenvalue weighted by atomic mass is 10.3. The summed E-state index contributed by atoms with van der Waals surface area (Å²) in [6, 6.07) is 10.1. The van der Waals surface area contributed by atoms with Gasteiger partial charge < -0.3 is 24.5 Å². The van der Waals surface area contributed by atoms with E-state index < -0.39 is 0 Å². The third-order valence-electron chi connectivity index (χ3n) is 2.91. The monoisotopic (exact) mass is 318 g/mol. The first-order valence-corrected chi connectivity index (χ1v) is 7.04. The van der Waals surface area contributed by atoms with Gasteiger partial charge in [0.2, 0.25) is 0 Å². The molecule has 2 aromatic rings. The van der Waals surface area contributed by atoms with Crippen LogP contribution in [0.4, 0.5) is 0 Å². The number of ether oxygens (including phenoxy) is 2. The number of hydrogen-bond acceptors (Lipinski definition) is 5. The zero-order valence-electron chi connectivity index (χ0n) is 12.7. The topological polar surface area (TPSA) is 89.8 Å². The Morgan fingerprint density at radius 1 is 1.04 bits per heavy atom. The van der Waals surface area contributed by atoms with E-state index in [9.17, 15) is 9.59 Å². The zero-order chi connectivity index (χ0) is 16.5. The predicted molar refractivity (Wildman–Crippen MR) is 82.5 cm³/mol. The van der Waals surface area contributed by atoms with Crippen molar-refractivity contribution >= 4 is 11.8 Å². The molecule has 2 N–H and O–H groups in total. The molecule has 0 saturated carbocycles. The van der Waals surface area contributed by atoms with Crippen molar-refractivity contribution in [2.45, 2.75) is 0 Å². The van der Waals surface area contributed by atoms with Crippen LogP contribution in [0.2, 0.25) is 0 Å². The standard InChI is InChI=1S/C16H18N2O5/c1-21-12-4-6-13(7-5-12)23-11-15(19)17-8-9-18-16(20)14-3-2-10-22-14/h2-7,10H,8-9,11H2,1H3,(H,17,19)(H,18,20). The fraction of sp³-hybridized carbons (Fsp3) is 0.250. The van der Waals surface area contributed by atoms with Gasteiger partial charge in [0.25, 0.3) is 11.8 Å². The van der Waals surface area contributed by atoms with E-state index in [1.807, 2.05) is 0 Å². The summed E-state index contributed by atoms with van der Waals surface area (Å²) in [6.07, 6.45) is 1.42. The van der Waals surface area contributed by atoms with Gasteiger partial charge >= 0.3 is 0 Å². The van der Waals surface area contributed by atoms with E-state index in [-0.39, 0.29) is 24.2 Å². The number of hydrogen-bond donors (Lipinski definition) is 2. The Morgan fingerprint density at radius 3 is 2.39 bits per heavy atom. The zero-order valence-corrected chi connectivity index (χ0v) is 12.7. The molecule has 1 aromatic carbocycles. The summed E-state index contributed by atoms with van der Waals surface area (Å²) in [5.41, 5.74) is 0. The molecule has 0 fully saturated rings. The minimum absolute atomic E-state index is 0.0988. The van der Waals surface area contributed by atoms with Gasteiger partial charge in [-0.05, 0) is 36.4 Å². The summed E-state index contributed by atoms with van der Waals surface area (Å²) in [5.74, 6) is 0.937. The van der Waals surface area contributed by atoms with Gasteiger partial charge in [0.05, 0.1) is 13.4 Å². The van der Waals surface area contributed by atoms with Gasteiger partial charge in [-0.15, -0.1) is 0 Å². The van der Waals surface area contributed by atoms with E-state index in [4.69, 9.17) is 13.9 Å². The molecule has 0 aliphatic heterocycles. The first-order valence-electron chi connectivity index (χ1n) is 7.04. The Bertz CT molecular complexity index is 622. The molecule has 2 rings (SSSR count). The molecular weight excluding hydrogens is 300 g/mol. The molecular formula is C16H18N2O5. The minimum atomic E-state index is -0.321. The van der Waals surface area contributed by atoms with Crippen LogP contribution in [-0.4, -0.2) is 38.6 Å². The number of amides is 2. The van der Waals surface area contributed by atoms with Crippen molar-refractivity contribution in [1.82, 2.24) is 10.6 Å². The van der Waals surface area contributed by atoms with Crippen LogP contribution < -0.4 is 20.1 Å². The summed E-state index contributed by atoms with van der Waals surface area (Å²) in [6.45, 7) is 0.503. The number of carbonyl (C=O) groups excluding carboxylic acids is 2. The van der Waals surface area contributed by atoms with Crippen LogP contribution in [0.25, 0.3) is 0 Å². The van der Waals surface area contributed by atoms with Gasteiger partial charge in [-0.3, -0.25) is 9.59 Å². The van der Waals surface area contributed by atoms with Crippen LogP contribution in [0.5, 0.6) is 11.5 Å². The highest BCUT2D eigenvalue weighted by Gasteiger charge is 2.07. The maximum absolute atomic E-state index is 11.6. The molecule has 0 unspecified atom stereocenters. The van der Waals surface area contributed by atoms with Crippen LogP contribution in [0.3, 0.4) is 0 Å². The molecule has 0 bridgehead atoms.